The third-order valence-corrected chi connectivity index (χ3v) is 3.75. The van der Waals surface area contributed by atoms with Gasteiger partial charge in [-0.1, -0.05) is 32.4 Å². The Morgan fingerprint density at radius 3 is 2.65 bits per heavy atom. The zero-order chi connectivity index (χ0) is 13.1. The first-order valence-corrected chi connectivity index (χ1v) is 6.76. The normalized spacial score (nSPS) is 11.4. The summed E-state index contributed by atoms with van der Waals surface area (Å²) >= 11 is 9.17. The molecule has 0 spiro atoms. The number of hydrogen-bond donors (Lipinski definition) is 1. The molecule has 94 valence electrons. The molecule has 0 radical (unpaired) electrons. The summed E-state index contributed by atoms with van der Waals surface area (Å²) in [5, 5.41) is 3.55. The Labute approximate surface area is 116 Å². The van der Waals surface area contributed by atoms with Crippen LogP contribution in [0.25, 0.3) is 0 Å². The summed E-state index contributed by atoms with van der Waals surface area (Å²) in [6, 6.07) is 5.16. The molecule has 0 saturated heterocycles. The monoisotopic (exact) mass is 317 g/mol. The van der Waals surface area contributed by atoms with Crippen molar-refractivity contribution in [2.24, 2.45) is 5.41 Å². The number of hydrogen-bond acceptors (Lipinski definition) is 1. The van der Waals surface area contributed by atoms with Gasteiger partial charge in [-0.3, -0.25) is 4.79 Å². The molecule has 4 heteroatoms. The highest BCUT2D eigenvalue weighted by Gasteiger charge is 2.17. The van der Waals surface area contributed by atoms with Crippen LogP contribution < -0.4 is 5.32 Å². The molecule has 0 saturated carbocycles. The van der Waals surface area contributed by atoms with Crippen LogP contribution in [0.2, 0.25) is 5.02 Å². The predicted octanol–water partition coefficient (Wildman–Crippen LogP) is 4.27. The molecular formula is C13H17BrClNO. The molecule has 17 heavy (non-hydrogen) atoms. The second-order valence-electron chi connectivity index (χ2n) is 4.82. The lowest BCUT2D eigenvalue weighted by Crippen LogP contribution is -2.33. The van der Waals surface area contributed by atoms with E-state index in [9.17, 15) is 4.79 Å². The van der Waals surface area contributed by atoms with Gasteiger partial charge < -0.3 is 5.32 Å². The quantitative estimate of drug-likeness (QED) is 0.882. The van der Waals surface area contributed by atoms with Crippen LogP contribution in [0.4, 0.5) is 0 Å². The zero-order valence-corrected chi connectivity index (χ0v) is 12.7. The number of benzene rings is 1. The van der Waals surface area contributed by atoms with Crippen molar-refractivity contribution < 1.29 is 4.79 Å². The van der Waals surface area contributed by atoms with Gasteiger partial charge in [0.15, 0.2) is 0 Å². The van der Waals surface area contributed by atoms with E-state index in [2.05, 4.69) is 42.0 Å². The van der Waals surface area contributed by atoms with Gasteiger partial charge in [0.1, 0.15) is 0 Å². The molecule has 0 atom stereocenters. The fourth-order valence-corrected chi connectivity index (χ4v) is 2.08. The van der Waals surface area contributed by atoms with Crippen LogP contribution in [0.15, 0.2) is 22.7 Å². The summed E-state index contributed by atoms with van der Waals surface area (Å²) in [6.07, 6.45) is 1.02. The van der Waals surface area contributed by atoms with Crippen LogP contribution in [0.3, 0.4) is 0 Å². The van der Waals surface area contributed by atoms with E-state index in [1.54, 1.807) is 18.2 Å². The molecule has 1 amide bonds. The summed E-state index contributed by atoms with van der Waals surface area (Å²) in [5.74, 6) is -0.0740. The van der Waals surface area contributed by atoms with Crippen molar-refractivity contribution in [3.05, 3.63) is 33.3 Å². The van der Waals surface area contributed by atoms with E-state index >= 15 is 0 Å². The van der Waals surface area contributed by atoms with Crippen LogP contribution in [0.1, 0.15) is 37.6 Å². The summed E-state index contributed by atoms with van der Waals surface area (Å²) in [5.41, 5.74) is 0.732. The molecule has 1 aromatic carbocycles. The first kappa shape index (κ1) is 14.5. The van der Waals surface area contributed by atoms with Gasteiger partial charge in [-0.05, 0) is 46.0 Å². The lowest BCUT2D eigenvalue weighted by atomic mass is 9.90. The Hall–Kier alpha value is -0.540. The van der Waals surface area contributed by atoms with Crippen molar-refractivity contribution >= 4 is 33.4 Å². The van der Waals surface area contributed by atoms with Crippen molar-refractivity contribution in [3.8, 4) is 0 Å². The van der Waals surface area contributed by atoms with Gasteiger partial charge in [0.25, 0.3) is 5.91 Å². The fraction of sp³-hybridized carbons (Fsp3) is 0.462. The van der Waals surface area contributed by atoms with Gasteiger partial charge in [-0.2, -0.15) is 0 Å². The Kier molecular flexibility index (Phi) is 5.02. The van der Waals surface area contributed by atoms with E-state index in [0.29, 0.717) is 17.1 Å². The van der Waals surface area contributed by atoms with E-state index in [-0.39, 0.29) is 11.3 Å². The Morgan fingerprint density at radius 2 is 2.12 bits per heavy atom. The fourth-order valence-electron chi connectivity index (χ4n) is 1.21. The second kappa shape index (κ2) is 5.87. The average Bonchev–Trinajstić information content (AvgIpc) is 2.26. The van der Waals surface area contributed by atoms with E-state index < -0.39 is 0 Å². The summed E-state index contributed by atoms with van der Waals surface area (Å²) in [4.78, 5) is 12.0. The van der Waals surface area contributed by atoms with Crippen molar-refractivity contribution in [1.82, 2.24) is 5.32 Å². The molecule has 0 aliphatic heterocycles. The number of carbonyl (C=O) groups excluding carboxylic acids is 1. The van der Waals surface area contributed by atoms with Crippen LogP contribution >= 0.6 is 27.5 Å². The van der Waals surface area contributed by atoms with E-state index in [4.69, 9.17) is 11.6 Å². The van der Waals surface area contributed by atoms with Gasteiger partial charge in [0.2, 0.25) is 0 Å². The third kappa shape index (κ3) is 4.32. The first-order valence-electron chi connectivity index (χ1n) is 5.59. The third-order valence-electron chi connectivity index (χ3n) is 2.86. The molecule has 0 heterocycles. The number of rotatable bonds is 4. The van der Waals surface area contributed by atoms with Crippen LogP contribution in [0.5, 0.6) is 0 Å². The van der Waals surface area contributed by atoms with E-state index in [1.807, 2.05) is 0 Å². The molecule has 1 rings (SSSR count). The minimum atomic E-state index is -0.0740. The van der Waals surface area contributed by atoms with Gasteiger partial charge >= 0.3 is 0 Å². The average molecular weight is 319 g/mol. The minimum absolute atomic E-state index is 0.0740. The van der Waals surface area contributed by atoms with Crippen LogP contribution in [0, 0.1) is 5.41 Å². The molecule has 0 unspecified atom stereocenters. The summed E-state index contributed by atoms with van der Waals surface area (Å²) < 4.78 is 0.719. The van der Waals surface area contributed by atoms with Crippen LogP contribution in [-0.2, 0) is 0 Å². The largest absolute Gasteiger partial charge is 0.351 e. The number of amides is 1. The van der Waals surface area contributed by atoms with E-state index in [0.717, 1.165) is 10.9 Å². The van der Waals surface area contributed by atoms with Crippen molar-refractivity contribution in [2.75, 3.05) is 6.54 Å². The summed E-state index contributed by atoms with van der Waals surface area (Å²) in [6.45, 7) is 7.04. The van der Waals surface area contributed by atoms with E-state index in [1.165, 1.54) is 0 Å². The Bertz CT molecular complexity index is 418. The van der Waals surface area contributed by atoms with Crippen molar-refractivity contribution in [1.29, 1.82) is 0 Å². The second-order valence-corrected chi connectivity index (χ2v) is 6.12. The highest BCUT2D eigenvalue weighted by Crippen LogP contribution is 2.22. The minimum Gasteiger partial charge on any atom is -0.351 e. The topological polar surface area (TPSA) is 29.1 Å². The lowest BCUT2D eigenvalue weighted by molar-refractivity contribution is 0.0935. The van der Waals surface area contributed by atoms with Crippen LogP contribution in [-0.4, -0.2) is 12.5 Å². The highest BCUT2D eigenvalue weighted by atomic mass is 79.9. The lowest BCUT2D eigenvalue weighted by Gasteiger charge is -2.23. The maximum atomic E-state index is 12.0. The Morgan fingerprint density at radius 1 is 1.47 bits per heavy atom. The molecule has 0 aliphatic carbocycles. The van der Waals surface area contributed by atoms with Gasteiger partial charge in [0.05, 0.1) is 5.56 Å². The molecule has 1 aromatic rings. The SMILES string of the molecule is CCC(C)(C)CNC(=O)c1ccc(Cl)cc1Br. The molecule has 0 aliphatic rings. The number of carbonyl (C=O) groups is 1. The zero-order valence-electron chi connectivity index (χ0n) is 10.3. The molecule has 0 aromatic heterocycles. The van der Waals surface area contributed by atoms with Crippen molar-refractivity contribution in [3.63, 3.8) is 0 Å². The highest BCUT2D eigenvalue weighted by molar-refractivity contribution is 9.10. The standard InChI is InChI=1S/C13H17BrClNO/c1-4-13(2,3)8-16-12(17)10-6-5-9(15)7-11(10)14/h5-7H,4,8H2,1-3H3,(H,16,17). The predicted molar refractivity (Wildman–Crippen MR) is 75.6 cm³/mol. The molecular weight excluding hydrogens is 302 g/mol. The Balaban J connectivity index is 2.71. The van der Waals surface area contributed by atoms with Crippen molar-refractivity contribution in [2.45, 2.75) is 27.2 Å². The number of nitrogens with one attached hydrogen (secondary N) is 1. The first-order chi connectivity index (χ1) is 7.85. The maximum absolute atomic E-state index is 12.0. The molecule has 0 fully saturated rings. The van der Waals surface area contributed by atoms with Gasteiger partial charge in [-0.25, -0.2) is 0 Å². The molecule has 0 bridgehead atoms. The smallest absolute Gasteiger partial charge is 0.252 e. The molecule has 2 nitrogen and oxygen atoms in total. The summed E-state index contributed by atoms with van der Waals surface area (Å²) in [7, 11) is 0. The number of halogens is 2. The van der Waals surface area contributed by atoms with Gasteiger partial charge in [-0.15, -0.1) is 0 Å². The van der Waals surface area contributed by atoms with Gasteiger partial charge in [0, 0.05) is 16.0 Å². The molecule has 1 N–H and O–H groups in total. The maximum Gasteiger partial charge on any atom is 0.252 e.